The molecule has 0 aromatic heterocycles. The molecular weight excluding hydrogens is 281 g/mol. The van der Waals surface area contributed by atoms with Gasteiger partial charge in [0.15, 0.2) is 23.1 Å². The van der Waals surface area contributed by atoms with Crippen molar-refractivity contribution >= 4 is 10.8 Å². The maximum atomic E-state index is 13.8. The Balaban J connectivity index is 2.23. The molecule has 2 N–H and O–H groups in total. The summed E-state index contributed by atoms with van der Waals surface area (Å²) in [5.74, 6) is -3.74. The molecule has 3 aromatic rings. The number of benzene rings is 3. The molecule has 106 valence electrons. The van der Waals surface area contributed by atoms with Crippen LogP contribution in [0.25, 0.3) is 21.9 Å². The van der Waals surface area contributed by atoms with Crippen LogP contribution in [-0.4, -0.2) is 10.2 Å². The Bertz CT molecular complexity index is 860. The fourth-order valence-corrected chi connectivity index (χ4v) is 2.21. The Kier molecular flexibility index (Phi) is 2.97. The predicted octanol–water partition coefficient (Wildman–Crippen LogP) is 4.34. The molecule has 0 amide bonds. The van der Waals surface area contributed by atoms with Crippen LogP contribution in [0.15, 0.2) is 42.5 Å². The van der Waals surface area contributed by atoms with Crippen LogP contribution >= 0.6 is 0 Å². The van der Waals surface area contributed by atoms with Gasteiger partial charge in [-0.05, 0) is 29.1 Å². The van der Waals surface area contributed by atoms with E-state index < -0.39 is 29.0 Å². The molecule has 21 heavy (non-hydrogen) atoms. The fourth-order valence-electron chi connectivity index (χ4n) is 2.21. The van der Waals surface area contributed by atoms with Gasteiger partial charge < -0.3 is 10.2 Å². The normalized spacial score (nSPS) is 11.0. The number of aromatic hydroxyl groups is 2. The van der Waals surface area contributed by atoms with Gasteiger partial charge in [-0.25, -0.2) is 13.2 Å². The third kappa shape index (κ3) is 2.16. The SMILES string of the molecule is Oc1cc(F)c(-c2ccc3c(F)c(O)ccc3c2)cc1F. The first kappa shape index (κ1) is 13.3. The highest BCUT2D eigenvalue weighted by molar-refractivity contribution is 5.89. The first-order valence-electron chi connectivity index (χ1n) is 6.07. The molecule has 0 bridgehead atoms. The number of hydrogen-bond acceptors (Lipinski definition) is 2. The molecule has 0 saturated heterocycles. The monoisotopic (exact) mass is 290 g/mol. The molecule has 0 aliphatic carbocycles. The number of rotatable bonds is 1. The van der Waals surface area contributed by atoms with E-state index in [0.717, 1.165) is 6.07 Å². The molecular formula is C16H9F3O2. The Morgan fingerprint density at radius 3 is 2.24 bits per heavy atom. The molecule has 3 aromatic carbocycles. The fraction of sp³-hybridized carbons (Fsp3) is 0. The molecule has 0 unspecified atom stereocenters. The van der Waals surface area contributed by atoms with E-state index in [-0.39, 0.29) is 10.9 Å². The summed E-state index contributed by atoms with van der Waals surface area (Å²) in [6.45, 7) is 0. The minimum Gasteiger partial charge on any atom is -0.505 e. The number of fused-ring (bicyclic) bond motifs is 1. The van der Waals surface area contributed by atoms with E-state index in [1.165, 1.54) is 30.3 Å². The number of phenolic OH excluding ortho intramolecular Hbond substituents is 2. The Hall–Kier alpha value is -2.69. The van der Waals surface area contributed by atoms with E-state index >= 15 is 0 Å². The molecule has 0 radical (unpaired) electrons. The van der Waals surface area contributed by atoms with Gasteiger partial charge in [0.25, 0.3) is 0 Å². The van der Waals surface area contributed by atoms with Crippen LogP contribution in [0.5, 0.6) is 11.5 Å². The molecule has 0 fully saturated rings. The second kappa shape index (κ2) is 4.70. The standard InChI is InChI=1S/C16H9F3O2/c17-12-7-15(21)13(18)6-11(12)9-1-3-10-8(5-9)2-4-14(20)16(10)19/h1-7,20-21H. The van der Waals surface area contributed by atoms with Crippen molar-refractivity contribution in [2.75, 3.05) is 0 Å². The van der Waals surface area contributed by atoms with Gasteiger partial charge in [0.1, 0.15) is 5.82 Å². The second-order valence-electron chi connectivity index (χ2n) is 4.62. The van der Waals surface area contributed by atoms with E-state index in [4.69, 9.17) is 5.11 Å². The smallest absolute Gasteiger partial charge is 0.172 e. The van der Waals surface area contributed by atoms with Crippen molar-refractivity contribution < 1.29 is 23.4 Å². The van der Waals surface area contributed by atoms with Crippen LogP contribution in [0.4, 0.5) is 13.2 Å². The highest BCUT2D eigenvalue weighted by atomic mass is 19.1. The Morgan fingerprint density at radius 1 is 0.714 bits per heavy atom. The average molecular weight is 290 g/mol. The minimum atomic E-state index is -0.941. The largest absolute Gasteiger partial charge is 0.505 e. The van der Waals surface area contributed by atoms with E-state index in [1.807, 2.05) is 0 Å². The zero-order valence-corrected chi connectivity index (χ0v) is 10.6. The molecule has 0 saturated carbocycles. The van der Waals surface area contributed by atoms with Crippen molar-refractivity contribution in [1.82, 2.24) is 0 Å². The number of halogens is 3. The molecule has 2 nitrogen and oxygen atoms in total. The van der Waals surface area contributed by atoms with Crippen molar-refractivity contribution in [1.29, 1.82) is 0 Å². The van der Waals surface area contributed by atoms with Crippen LogP contribution in [0.3, 0.4) is 0 Å². The van der Waals surface area contributed by atoms with Gasteiger partial charge in [-0.1, -0.05) is 18.2 Å². The third-order valence-electron chi connectivity index (χ3n) is 3.28. The van der Waals surface area contributed by atoms with Crippen molar-refractivity contribution in [3.05, 3.63) is 59.9 Å². The predicted molar refractivity (Wildman–Crippen MR) is 72.6 cm³/mol. The summed E-state index contributed by atoms with van der Waals surface area (Å²) in [5, 5.41) is 19.0. The lowest BCUT2D eigenvalue weighted by Crippen LogP contribution is -1.89. The lowest BCUT2D eigenvalue weighted by atomic mass is 10.00. The van der Waals surface area contributed by atoms with Gasteiger partial charge in [-0.3, -0.25) is 0 Å². The van der Waals surface area contributed by atoms with Gasteiger partial charge in [0.05, 0.1) is 0 Å². The van der Waals surface area contributed by atoms with Crippen LogP contribution in [0, 0.1) is 17.5 Å². The van der Waals surface area contributed by atoms with E-state index in [0.29, 0.717) is 17.0 Å². The van der Waals surface area contributed by atoms with Crippen LogP contribution in [-0.2, 0) is 0 Å². The molecule has 0 spiro atoms. The summed E-state index contributed by atoms with van der Waals surface area (Å²) in [4.78, 5) is 0. The van der Waals surface area contributed by atoms with Gasteiger partial charge in [0, 0.05) is 17.0 Å². The van der Waals surface area contributed by atoms with Gasteiger partial charge in [-0.2, -0.15) is 0 Å². The highest BCUT2D eigenvalue weighted by Crippen LogP contribution is 2.32. The maximum Gasteiger partial charge on any atom is 0.172 e. The summed E-state index contributed by atoms with van der Waals surface area (Å²) in [5.41, 5.74) is 0.296. The number of hydrogen-bond donors (Lipinski definition) is 2. The highest BCUT2D eigenvalue weighted by Gasteiger charge is 2.13. The van der Waals surface area contributed by atoms with Gasteiger partial charge >= 0.3 is 0 Å². The van der Waals surface area contributed by atoms with E-state index in [1.54, 1.807) is 0 Å². The first-order chi connectivity index (χ1) is 9.97. The van der Waals surface area contributed by atoms with Crippen molar-refractivity contribution in [2.24, 2.45) is 0 Å². The van der Waals surface area contributed by atoms with Gasteiger partial charge in [-0.15, -0.1) is 0 Å². The summed E-state index contributed by atoms with van der Waals surface area (Å²) >= 11 is 0. The van der Waals surface area contributed by atoms with Crippen LogP contribution in [0.1, 0.15) is 0 Å². The number of phenols is 2. The Morgan fingerprint density at radius 2 is 1.48 bits per heavy atom. The molecule has 0 aliphatic rings. The molecule has 0 aliphatic heterocycles. The van der Waals surface area contributed by atoms with Gasteiger partial charge in [0.2, 0.25) is 0 Å². The zero-order valence-electron chi connectivity index (χ0n) is 10.6. The molecule has 0 atom stereocenters. The summed E-state index contributed by atoms with van der Waals surface area (Å²) in [7, 11) is 0. The Labute approximate surface area is 117 Å². The lowest BCUT2D eigenvalue weighted by Gasteiger charge is -2.08. The van der Waals surface area contributed by atoms with Crippen molar-refractivity contribution in [2.45, 2.75) is 0 Å². The summed E-state index contributed by atoms with van der Waals surface area (Å²) < 4.78 is 40.9. The molecule has 5 heteroatoms. The third-order valence-corrected chi connectivity index (χ3v) is 3.28. The van der Waals surface area contributed by atoms with Crippen molar-refractivity contribution in [3.8, 4) is 22.6 Å². The van der Waals surface area contributed by atoms with E-state index in [9.17, 15) is 18.3 Å². The average Bonchev–Trinajstić information content (AvgIpc) is 2.46. The topological polar surface area (TPSA) is 40.5 Å². The summed E-state index contributed by atoms with van der Waals surface area (Å²) in [6.07, 6.45) is 0. The minimum absolute atomic E-state index is 0.0410. The first-order valence-corrected chi connectivity index (χ1v) is 6.07. The van der Waals surface area contributed by atoms with Crippen molar-refractivity contribution in [3.63, 3.8) is 0 Å². The quantitative estimate of drug-likeness (QED) is 0.700. The zero-order chi connectivity index (χ0) is 15.1. The van der Waals surface area contributed by atoms with Crippen LogP contribution in [0.2, 0.25) is 0 Å². The van der Waals surface area contributed by atoms with E-state index in [2.05, 4.69) is 0 Å². The maximum absolute atomic E-state index is 13.8. The lowest BCUT2D eigenvalue weighted by molar-refractivity contribution is 0.427. The van der Waals surface area contributed by atoms with Crippen LogP contribution < -0.4 is 0 Å². The molecule has 0 heterocycles. The molecule has 3 rings (SSSR count). The summed E-state index contributed by atoms with van der Waals surface area (Å²) in [6, 6.07) is 8.51. The second-order valence-corrected chi connectivity index (χ2v) is 4.62.